The van der Waals surface area contributed by atoms with Crippen molar-refractivity contribution in [3.8, 4) is 11.6 Å². The molecule has 33 heavy (non-hydrogen) atoms. The summed E-state index contributed by atoms with van der Waals surface area (Å²) < 4.78 is 9.65. The monoisotopic (exact) mass is 440 g/mol. The molecular weight excluding hydrogens is 412 g/mol. The molecule has 0 saturated carbocycles. The number of nitrogens with one attached hydrogen (secondary N) is 1. The summed E-state index contributed by atoms with van der Waals surface area (Å²) >= 11 is 0. The molecule has 4 aromatic rings. The van der Waals surface area contributed by atoms with Crippen molar-refractivity contribution < 1.29 is 4.74 Å². The van der Waals surface area contributed by atoms with Crippen LogP contribution in [0.25, 0.3) is 16.9 Å². The molecule has 1 N–H and O–H groups in total. The van der Waals surface area contributed by atoms with E-state index in [0.29, 0.717) is 30.1 Å². The van der Waals surface area contributed by atoms with E-state index in [-0.39, 0.29) is 5.56 Å². The molecular formula is C27H28N4O2. The van der Waals surface area contributed by atoms with Gasteiger partial charge in [0.1, 0.15) is 23.8 Å². The molecule has 2 aliphatic heterocycles. The number of rotatable bonds is 4. The Kier molecular flexibility index (Phi) is 5.03. The number of pyridine rings is 2. The van der Waals surface area contributed by atoms with Crippen molar-refractivity contribution in [2.75, 3.05) is 6.54 Å². The van der Waals surface area contributed by atoms with Gasteiger partial charge in [0.05, 0.1) is 0 Å². The highest BCUT2D eigenvalue weighted by molar-refractivity contribution is 5.84. The predicted octanol–water partition coefficient (Wildman–Crippen LogP) is 4.29. The van der Waals surface area contributed by atoms with Crippen LogP contribution >= 0.6 is 0 Å². The molecule has 1 saturated heterocycles. The molecule has 0 aliphatic carbocycles. The van der Waals surface area contributed by atoms with Gasteiger partial charge in [-0.2, -0.15) is 0 Å². The zero-order chi connectivity index (χ0) is 22.4. The van der Waals surface area contributed by atoms with Crippen molar-refractivity contribution in [2.24, 2.45) is 13.0 Å². The number of benzene rings is 1. The summed E-state index contributed by atoms with van der Waals surface area (Å²) in [6.07, 6.45) is 6.58. The lowest BCUT2D eigenvalue weighted by Gasteiger charge is -2.17. The maximum atomic E-state index is 12.9. The Bertz CT molecular complexity index is 1370. The Balaban J connectivity index is 1.33. The van der Waals surface area contributed by atoms with Gasteiger partial charge < -0.3 is 14.6 Å². The minimum absolute atomic E-state index is 0.152. The molecule has 0 amide bonds. The first kappa shape index (κ1) is 20.2. The van der Waals surface area contributed by atoms with E-state index in [4.69, 9.17) is 9.72 Å². The summed E-state index contributed by atoms with van der Waals surface area (Å²) in [5.41, 5.74) is 4.66. The van der Waals surface area contributed by atoms with E-state index in [1.165, 1.54) is 42.0 Å². The maximum absolute atomic E-state index is 12.9. The van der Waals surface area contributed by atoms with Crippen molar-refractivity contribution >= 4 is 11.0 Å². The molecule has 0 radical (unpaired) electrons. The first-order valence-corrected chi connectivity index (χ1v) is 11.8. The Labute approximate surface area is 192 Å². The molecule has 1 fully saturated rings. The van der Waals surface area contributed by atoms with Gasteiger partial charge in [-0.1, -0.05) is 36.8 Å². The second kappa shape index (κ2) is 8.19. The molecule has 3 aromatic heterocycles. The van der Waals surface area contributed by atoms with Gasteiger partial charge in [-0.25, -0.2) is 4.98 Å². The highest BCUT2D eigenvalue weighted by Crippen LogP contribution is 2.39. The minimum atomic E-state index is -0.152. The topological polar surface area (TPSA) is 61.1 Å². The fraction of sp³-hybridized carbons (Fsp3) is 0.333. The molecule has 5 heterocycles. The second-order valence-corrected chi connectivity index (χ2v) is 9.27. The zero-order valence-electron chi connectivity index (χ0n) is 18.8. The van der Waals surface area contributed by atoms with Crippen LogP contribution in [0, 0.1) is 5.92 Å². The molecule has 168 valence electrons. The average Bonchev–Trinajstić information content (AvgIpc) is 3.02. The van der Waals surface area contributed by atoms with Crippen LogP contribution in [0.15, 0.2) is 65.6 Å². The van der Waals surface area contributed by atoms with Gasteiger partial charge >= 0.3 is 0 Å². The number of ether oxygens (including phenoxy) is 1. The Hall–Kier alpha value is -3.38. The number of aromatic nitrogens is 3. The maximum Gasteiger partial charge on any atom is 0.259 e. The highest BCUT2D eigenvalue weighted by Gasteiger charge is 2.31. The van der Waals surface area contributed by atoms with Crippen molar-refractivity contribution in [2.45, 2.75) is 38.3 Å². The van der Waals surface area contributed by atoms with Crippen LogP contribution in [-0.2, 0) is 20.1 Å². The van der Waals surface area contributed by atoms with Gasteiger partial charge in [-0.05, 0) is 61.1 Å². The largest absolute Gasteiger partial charge is 0.489 e. The Morgan fingerprint density at radius 1 is 1.12 bits per heavy atom. The number of fused-ring (bicyclic) bond motifs is 7. The molecule has 2 bridgehead atoms. The third-order valence-electron chi connectivity index (χ3n) is 7.16. The number of hydrogen-bond donors (Lipinski definition) is 1. The molecule has 6 nitrogen and oxygen atoms in total. The van der Waals surface area contributed by atoms with Gasteiger partial charge in [-0.3, -0.25) is 9.36 Å². The van der Waals surface area contributed by atoms with Gasteiger partial charge in [0.2, 0.25) is 0 Å². The second-order valence-electron chi connectivity index (χ2n) is 9.27. The van der Waals surface area contributed by atoms with E-state index >= 15 is 0 Å². The van der Waals surface area contributed by atoms with E-state index in [0.717, 1.165) is 24.2 Å². The van der Waals surface area contributed by atoms with Crippen molar-refractivity contribution in [1.82, 2.24) is 19.4 Å². The predicted molar refractivity (Wildman–Crippen MR) is 129 cm³/mol. The van der Waals surface area contributed by atoms with Gasteiger partial charge in [0.25, 0.3) is 5.56 Å². The summed E-state index contributed by atoms with van der Waals surface area (Å²) in [4.78, 5) is 17.8. The summed E-state index contributed by atoms with van der Waals surface area (Å²) in [5, 5.41) is 4.98. The lowest BCUT2D eigenvalue weighted by Crippen LogP contribution is -2.22. The molecule has 2 unspecified atom stereocenters. The van der Waals surface area contributed by atoms with Crippen molar-refractivity contribution in [1.29, 1.82) is 0 Å². The first-order valence-electron chi connectivity index (χ1n) is 11.8. The molecule has 0 spiro atoms. The van der Waals surface area contributed by atoms with E-state index in [1.54, 1.807) is 10.8 Å². The zero-order valence-corrected chi connectivity index (χ0v) is 18.8. The molecule has 2 atom stereocenters. The van der Waals surface area contributed by atoms with E-state index in [2.05, 4.69) is 23.0 Å². The van der Waals surface area contributed by atoms with Crippen LogP contribution in [0.4, 0.5) is 0 Å². The van der Waals surface area contributed by atoms with Crippen LogP contribution < -0.4 is 15.6 Å². The third-order valence-corrected chi connectivity index (χ3v) is 7.16. The van der Waals surface area contributed by atoms with Crippen LogP contribution in [0.2, 0.25) is 0 Å². The quantitative estimate of drug-likeness (QED) is 0.514. The summed E-state index contributed by atoms with van der Waals surface area (Å²) in [5.74, 6) is 1.88. The average molecular weight is 441 g/mol. The van der Waals surface area contributed by atoms with E-state index in [1.807, 2.05) is 42.5 Å². The summed E-state index contributed by atoms with van der Waals surface area (Å²) in [7, 11) is 2.11. The lowest BCUT2D eigenvalue weighted by atomic mass is 9.90. The highest BCUT2D eigenvalue weighted by atomic mass is 16.5. The lowest BCUT2D eigenvalue weighted by molar-refractivity contribution is 0.305. The van der Waals surface area contributed by atoms with Gasteiger partial charge in [0, 0.05) is 36.4 Å². The molecule has 1 aromatic carbocycles. The van der Waals surface area contributed by atoms with Crippen molar-refractivity contribution in [3.05, 3.63) is 88.0 Å². The summed E-state index contributed by atoms with van der Waals surface area (Å²) in [6.45, 7) is 1.53. The Morgan fingerprint density at radius 2 is 2.00 bits per heavy atom. The van der Waals surface area contributed by atoms with Crippen molar-refractivity contribution in [3.63, 3.8) is 0 Å². The number of aryl methyl sites for hydroxylation is 1. The smallest absolute Gasteiger partial charge is 0.259 e. The van der Waals surface area contributed by atoms with Crippen LogP contribution in [0.3, 0.4) is 0 Å². The Morgan fingerprint density at radius 3 is 2.85 bits per heavy atom. The molecule has 6 heteroatoms. The SMILES string of the molecule is Cn1c2c(c3ccc(-n4ccc(OCc5ccccc5)cc4=O)nc31)C1CCCC(CN1)C2. The van der Waals surface area contributed by atoms with E-state index in [9.17, 15) is 4.79 Å². The molecule has 2 aliphatic rings. The van der Waals surface area contributed by atoms with Crippen LogP contribution in [0.1, 0.15) is 42.1 Å². The van der Waals surface area contributed by atoms with Gasteiger partial charge in [0.15, 0.2) is 0 Å². The van der Waals surface area contributed by atoms with Crippen LogP contribution in [-0.4, -0.2) is 20.7 Å². The van der Waals surface area contributed by atoms with E-state index < -0.39 is 0 Å². The molecule has 6 rings (SSSR count). The fourth-order valence-electron chi connectivity index (χ4n) is 5.44. The normalized spacial score (nSPS) is 19.8. The number of hydrogen-bond acceptors (Lipinski definition) is 4. The van der Waals surface area contributed by atoms with Crippen LogP contribution in [0.5, 0.6) is 5.75 Å². The first-order chi connectivity index (χ1) is 16.2. The number of nitrogens with zero attached hydrogens (tertiary/aromatic N) is 3. The van der Waals surface area contributed by atoms with Gasteiger partial charge in [-0.15, -0.1) is 0 Å². The minimum Gasteiger partial charge on any atom is -0.489 e. The summed E-state index contributed by atoms with van der Waals surface area (Å²) in [6, 6.07) is 17.8. The fourth-order valence-corrected chi connectivity index (χ4v) is 5.44. The standard InChI is InChI=1S/C27H28N4O2/c1-30-23-14-19-8-5-9-22(28-16-19)26(23)21-10-11-24(29-27(21)30)31-13-12-20(15-25(31)32)33-17-18-6-3-2-4-7-18/h2-4,6-7,10-13,15,19,22,28H,5,8-9,14,16-17H2,1H3. The third kappa shape index (κ3) is 3.64.